The number of nitrogens with two attached hydrogens (primary N) is 1. The Bertz CT molecular complexity index is 633. The van der Waals surface area contributed by atoms with Gasteiger partial charge < -0.3 is 0 Å². The highest BCUT2D eigenvalue weighted by molar-refractivity contribution is 7.89. The minimum absolute atomic E-state index is 0.0239. The van der Waals surface area contributed by atoms with Crippen LogP contribution in [0, 0.1) is 5.92 Å². The number of sulfonamides is 2. The van der Waals surface area contributed by atoms with Crippen molar-refractivity contribution in [2.75, 3.05) is 6.54 Å². The Labute approximate surface area is 120 Å². The molecule has 0 aliphatic carbocycles. The Morgan fingerprint density at radius 2 is 1.45 bits per heavy atom. The van der Waals surface area contributed by atoms with Gasteiger partial charge in [0.2, 0.25) is 20.0 Å². The second-order valence-electron chi connectivity index (χ2n) is 4.55. The second kappa shape index (κ2) is 6.66. The van der Waals surface area contributed by atoms with Gasteiger partial charge in [-0.3, -0.25) is 0 Å². The first-order chi connectivity index (χ1) is 9.20. The van der Waals surface area contributed by atoms with Crippen LogP contribution in [-0.2, 0) is 20.0 Å². The molecule has 3 N–H and O–H groups in total. The lowest BCUT2D eigenvalue weighted by Crippen LogP contribution is -2.29. The maximum Gasteiger partial charge on any atom is 0.240 e. The molecule has 0 saturated carbocycles. The van der Waals surface area contributed by atoms with Crippen LogP contribution in [0.4, 0.5) is 0 Å². The van der Waals surface area contributed by atoms with Crippen LogP contribution < -0.4 is 9.86 Å². The fourth-order valence-electron chi connectivity index (χ4n) is 1.70. The molecule has 0 saturated heterocycles. The van der Waals surface area contributed by atoms with Crippen LogP contribution in [0.1, 0.15) is 26.7 Å². The van der Waals surface area contributed by atoms with Gasteiger partial charge in [0.25, 0.3) is 0 Å². The van der Waals surface area contributed by atoms with Gasteiger partial charge in [0.05, 0.1) is 9.79 Å². The Morgan fingerprint density at radius 3 is 1.85 bits per heavy atom. The van der Waals surface area contributed by atoms with E-state index in [4.69, 9.17) is 5.14 Å². The third-order valence-electron chi connectivity index (χ3n) is 3.18. The van der Waals surface area contributed by atoms with E-state index in [0.29, 0.717) is 6.54 Å². The molecule has 8 heteroatoms. The molecule has 0 aliphatic rings. The molecule has 1 aromatic rings. The average molecular weight is 320 g/mol. The van der Waals surface area contributed by atoms with Crippen LogP contribution in [-0.4, -0.2) is 23.4 Å². The van der Waals surface area contributed by atoms with Crippen molar-refractivity contribution in [1.29, 1.82) is 0 Å². The highest BCUT2D eigenvalue weighted by Crippen LogP contribution is 2.14. The molecule has 0 atom stereocenters. The van der Waals surface area contributed by atoms with Crippen molar-refractivity contribution in [3.63, 3.8) is 0 Å². The normalized spacial score (nSPS) is 12.8. The summed E-state index contributed by atoms with van der Waals surface area (Å²) in [4.78, 5) is -0.0905. The van der Waals surface area contributed by atoms with Gasteiger partial charge in [-0.1, -0.05) is 26.7 Å². The number of primary sulfonamides is 1. The third-order valence-corrected chi connectivity index (χ3v) is 5.55. The van der Waals surface area contributed by atoms with Gasteiger partial charge in [-0.05, 0) is 30.2 Å². The summed E-state index contributed by atoms with van der Waals surface area (Å²) >= 11 is 0. The van der Waals surface area contributed by atoms with Crippen molar-refractivity contribution < 1.29 is 16.8 Å². The summed E-state index contributed by atoms with van der Waals surface area (Å²) in [6, 6.07) is 4.83. The van der Waals surface area contributed by atoms with Gasteiger partial charge >= 0.3 is 0 Å². The van der Waals surface area contributed by atoms with Crippen molar-refractivity contribution in [2.24, 2.45) is 11.1 Å². The molecule has 0 amide bonds. The molecule has 1 rings (SSSR count). The largest absolute Gasteiger partial charge is 0.240 e. The second-order valence-corrected chi connectivity index (χ2v) is 7.88. The van der Waals surface area contributed by atoms with Gasteiger partial charge in [-0.15, -0.1) is 0 Å². The highest BCUT2D eigenvalue weighted by Gasteiger charge is 2.16. The standard InChI is InChI=1S/C12H20N2O4S2/c1-3-10(4-2)9-14-20(17,18)12-7-5-11(6-8-12)19(13,15)16/h5-8,10,14H,3-4,9H2,1-2H3,(H2,13,15,16). The molecule has 1 aromatic carbocycles. The minimum Gasteiger partial charge on any atom is -0.225 e. The molecule has 0 unspecified atom stereocenters. The van der Waals surface area contributed by atoms with Gasteiger partial charge in [0.1, 0.15) is 0 Å². The molecule has 6 nitrogen and oxygen atoms in total. The van der Waals surface area contributed by atoms with Gasteiger partial charge in [-0.2, -0.15) is 0 Å². The van der Waals surface area contributed by atoms with Gasteiger partial charge in [0, 0.05) is 6.54 Å². The maximum atomic E-state index is 12.0. The smallest absolute Gasteiger partial charge is 0.225 e. The predicted octanol–water partition coefficient (Wildman–Crippen LogP) is 1.05. The zero-order chi connectivity index (χ0) is 15.4. The number of nitrogens with one attached hydrogen (secondary N) is 1. The lowest BCUT2D eigenvalue weighted by molar-refractivity contribution is 0.479. The summed E-state index contributed by atoms with van der Waals surface area (Å²) in [6.45, 7) is 4.37. The fraction of sp³-hybridized carbons (Fsp3) is 0.500. The summed E-state index contributed by atoms with van der Waals surface area (Å²) in [5.41, 5.74) is 0. The fourth-order valence-corrected chi connectivity index (χ4v) is 3.33. The Kier molecular flexibility index (Phi) is 5.69. The van der Waals surface area contributed by atoms with Crippen molar-refractivity contribution in [3.05, 3.63) is 24.3 Å². The van der Waals surface area contributed by atoms with Crippen molar-refractivity contribution in [2.45, 2.75) is 36.5 Å². The van der Waals surface area contributed by atoms with E-state index in [1.165, 1.54) is 24.3 Å². The lowest BCUT2D eigenvalue weighted by atomic mass is 10.0. The molecule has 20 heavy (non-hydrogen) atoms. The Balaban J connectivity index is 2.88. The lowest BCUT2D eigenvalue weighted by Gasteiger charge is -2.13. The van der Waals surface area contributed by atoms with Crippen LogP contribution in [0.25, 0.3) is 0 Å². The quantitative estimate of drug-likeness (QED) is 0.783. The van der Waals surface area contributed by atoms with Crippen LogP contribution in [0.3, 0.4) is 0 Å². The number of rotatable bonds is 7. The van der Waals surface area contributed by atoms with Crippen LogP contribution >= 0.6 is 0 Å². The van der Waals surface area contributed by atoms with Crippen molar-refractivity contribution in [3.8, 4) is 0 Å². The number of benzene rings is 1. The van der Waals surface area contributed by atoms with E-state index in [-0.39, 0.29) is 15.7 Å². The van der Waals surface area contributed by atoms with E-state index in [1.54, 1.807) is 0 Å². The van der Waals surface area contributed by atoms with E-state index in [9.17, 15) is 16.8 Å². The third kappa shape index (κ3) is 4.55. The summed E-state index contributed by atoms with van der Waals surface area (Å²) in [6.07, 6.45) is 1.78. The molecule has 0 bridgehead atoms. The Morgan fingerprint density at radius 1 is 1.00 bits per heavy atom. The van der Waals surface area contributed by atoms with Gasteiger partial charge in [0.15, 0.2) is 0 Å². The zero-order valence-electron chi connectivity index (χ0n) is 11.5. The van der Waals surface area contributed by atoms with E-state index in [1.807, 2.05) is 13.8 Å². The molecule has 0 aromatic heterocycles. The molecule has 0 aliphatic heterocycles. The van der Waals surface area contributed by atoms with E-state index in [0.717, 1.165) is 12.8 Å². The summed E-state index contributed by atoms with van der Waals surface area (Å²) in [5.74, 6) is 0.286. The minimum atomic E-state index is -3.81. The predicted molar refractivity (Wildman–Crippen MR) is 77.1 cm³/mol. The topological polar surface area (TPSA) is 106 Å². The molecule has 0 fully saturated rings. The average Bonchev–Trinajstić information content (AvgIpc) is 2.39. The molecule has 114 valence electrons. The maximum absolute atomic E-state index is 12.0. The first kappa shape index (κ1) is 17.1. The summed E-state index contributed by atoms with van der Waals surface area (Å²) < 4.78 is 48.8. The zero-order valence-corrected chi connectivity index (χ0v) is 13.2. The molecular formula is C12H20N2O4S2. The van der Waals surface area contributed by atoms with Crippen LogP contribution in [0.2, 0.25) is 0 Å². The monoisotopic (exact) mass is 320 g/mol. The SMILES string of the molecule is CCC(CC)CNS(=O)(=O)c1ccc(S(N)(=O)=O)cc1. The first-order valence-corrected chi connectivity index (χ1v) is 9.36. The highest BCUT2D eigenvalue weighted by atomic mass is 32.2. The van der Waals surface area contributed by atoms with Crippen LogP contribution in [0.5, 0.6) is 0 Å². The van der Waals surface area contributed by atoms with Crippen LogP contribution in [0.15, 0.2) is 34.1 Å². The van der Waals surface area contributed by atoms with E-state index >= 15 is 0 Å². The number of hydrogen-bond donors (Lipinski definition) is 2. The summed E-state index contributed by atoms with van der Waals surface area (Å²) in [5, 5.41) is 4.96. The van der Waals surface area contributed by atoms with E-state index < -0.39 is 20.0 Å². The molecular weight excluding hydrogens is 300 g/mol. The van der Waals surface area contributed by atoms with Crippen molar-refractivity contribution in [1.82, 2.24) is 4.72 Å². The van der Waals surface area contributed by atoms with Crippen molar-refractivity contribution >= 4 is 20.0 Å². The number of hydrogen-bond acceptors (Lipinski definition) is 4. The molecule has 0 spiro atoms. The molecule has 0 heterocycles. The summed E-state index contributed by atoms with van der Waals surface area (Å²) in [7, 11) is -7.44. The Hall–Kier alpha value is -0.960. The first-order valence-electron chi connectivity index (χ1n) is 6.33. The molecule has 0 radical (unpaired) electrons. The van der Waals surface area contributed by atoms with E-state index in [2.05, 4.69) is 4.72 Å². The van der Waals surface area contributed by atoms with Gasteiger partial charge in [-0.25, -0.2) is 26.7 Å².